The number of carbonyl (C=O) groups is 2. The van der Waals surface area contributed by atoms with E-state index in [1.165, 1.54) is 0 Å². The van der Waals surface area contributed by atoms with Crippen LogP contribution in [0.2, 0.25) is 0 Å². The van der Waals surface area contributed by atoms with Crippen LogP contribution in [-0.2, 0) is 16.1 Å². The maximum Gasteiger partial charge on any atom is 0.417 e. The minimum Gasteiger partial charge on any atom is -0.439 e. The van der Waals surface area contributed by atoms with E-state index >= 15 is 0 Å². The van der Waals surface area contributed by atoms with Crippen LogP contribution in [0.25, 0.3) is 0 Å². The van der Waals surface area contributed by atoms with Crippen LogP contribution in [0.15, 0.2) is 24.5 Å². The SMILES string of the molecule is O=C1COC(=O)N1CCn1cccc1. The monoisotopic (exact) mass is 194 g/mol. The van der Waals surface area contributed by atoms with E-state index in [1.54, 1.807) is 0 Å². The van der Waals surface area contributed by atoms with Crippen molar-refractivity contribution in [2.75, 3.05) is 13.2 Å². The molecule has 0 saturated carbocycles. The molecule has 0 aliphatic carbocycles. The summed E-state index contributed by atoms with van der Waals surface area (Å²) in [5.74, 6) is -0.262. The van der Waals surface area contributed by atoms with Crippen molar-refractivity contribution < 1.29 is 14.3 Å². The number of ether oxygens (including phenoxy) is 1. The predicted molar refractivity (Wildman–Crippen MR) is 47.5 cm³/mol. The summed E-state index contributed by atoms with van der Waals surface area (Å²) in [6.07, 6.45) is 3.22. The molecule has 5 nitrogen and oxygen atoms in total. The van der Waals surface area contributed by atoms with Gasteiger partial charge in [-0.3, -0.25) is 4.79 Å². The Morgan fingerprint density at radius 2 is 1.93 bits per heavy atom. The Morgan fingerprint density at radius 3 is 2.50 bits per heavy atom. The van der Waals surface area contributed by atoms with Crippen LogP contribution in [0.4, 0.5) is 4.79 Å². The summed E-state index contributed by atoms with van der Waals surface area (Å²) in [6.45, 7) is 0.852. The summed E-state index contributed by atoms with van der Waals surface area (Å²) in [5.41, 5.74) is 0. The molecule has 0 unspecified atom stereocenters. The van der Waals surface area contributed by atoms with Crippen molar-refractivity contribution in [3.05, 3.63) is 24.5 Å². The van der Waals surface area contributed by atoms with Crippen molar-refractivity contribution in [3.63, 3.8) is 0 Å². The summed E-state index contributed by atoms with van der Waals surface area (Å²) >= 11 is 0. The van der Waals surface area contributed by atoms with E-state index in [2.05, 4.69) is 4.74 Å². The zero-order valence-corrected chi connectivity index (χ0v) is 7.55. The first-order chi connectivity index (χ1) is 6.77. The quantitative estimate of drug-likeness (QED) is 0.702. The second kappa shape index (κ2) is 3.53. The molecule has 0 spiro atoms. The predicted octanol–water partition coefficient (Wildman–Crippen LogP) is 0.467. The topological polar surface area (TPSA) is 51.5 Å². The molecule has 1 aliphatic rings. The number of hydrogen-bond acceptors (Lipinski definition) is 3. The molecule has 0 N–H and O–H groups in total. The summed E-state index contributed by atoms with van der Waals surface area (Å²) in [7, 11) is 0. The third kappa shape index (κ3) is 1.61. The van der Waals surface area contributed by atoms with E-state index in [-0.39, 0.29) is 12.5 Å². The average molecular weight is 194 g/mol. The van der Waals surface area contributed by atoms with Crippen molar-refractivity contribution in [1.82, 2.24) is 9.47 Å². The van der Waals surface area contributed by atoms with Crippen LogP contribution in [0.5, 0.6) is 0 Å². The van der Waals surface area contributed by atoms with Crippen molar-refractivity contribution >= 4 is 12.0 Å². The molecule has 1 aromatic rings. The minimum atomic E-state index is -0.540. The lowest BCUT2D eigenvalue weighted by Gasteiger charge is -2.10. The number of imide groups is 1. The van der Waals surface area contributed by atoms with Gasteiger partial charge in [-0.2, -0.15) is 0 Å². The fourth-order valence-electron chi connectivity index (χ4n) is 1.33. The number of hydrogen-bond donors (Lipinski definition) is 0. The molecule has 74 valence electrons. The van der Waals surface area contributed by atoms with Crippen molar-refractivity contribution in [1.29, 1.82) is 0 Å². The number of aromatic nitrogens is 1. The largest absolute Gasteiger partial charge is 0.439 e. The first-order valence-corrected chi connectivity index (χ1v) is 4.35. The molecule has 1 fully saturated rings. The summed E-state index contributed by atoms with van der Waals surface area (Å²) < 4.78 is 6.48. The van der Waals surface area contributed by atoms with Gasteiger partial charge in [-0.15, -0.1) is 0 Å². The highest BCUT2D eigenvalue weighted by Gasteiger charge is 2.30. The van der Waals surface area contributed by atoms with E-state index < -0.39 is 6.09 Å². The Kier molecular flexibility index (Phi) is 2.22. The Morgan fingerprint density at radius 1 is 1.21 bits per heavy atom. The molecule has 0 aromatic carbocycles. The summed E-state index contributed by atoms with van der Waals surface area (Å²) in [6, 6.07) is 3.79. The van der Waals surface area contributed by atoms with Gasteiger partial charge in [0.1, 0.15) is 0 Å². The summed E-state index contributed by atoms with van der Waals surface area (Å²) in [5, 5.41) is 0. The van der Waals surface area contributed by atoms with Gasteiger partial charge in [0, 0.05) is 18.9 Å². The molecule has 2 amide bonds. The molecule has 2 heterocycles. The fourth-order valence-corrected chi connectivity index (χ4v) is 1.33. The average Bonchev–Trinajstić information content (AvgIpc) is 2.76. The van der Waals surface area contributed by atoms with E-state index in [0.29, 0.717) is 13.1 Å². The Bertz CT molecular complexity index is 329. The smallest absolute Gasteiger partial charge is 0.417 e. The van der Waals surface area contributed by atoms with Crippen LogP contribution in [0.1, 0.15) is 0 Å². The van der Waals surface area contributed by atoms with Gasteiger partial charge in [0.2, 0.25) is 0 Å². The number of rotatable bonds is 3. The standard InChI is InChI=1S/C9H10N2O3/c12-8-7-14-9(13)11(8)6-5-10-3-1-2-4-10/h1-4H,5-7H2. The van der Waals surface area contributed by atoms with E-state index in [4.69, 9.17) is 0 Å². The number of amides is 2. The lowest BCUT2D eigenvalue weighted by molar-refractivity contribution is -0.126. The Balaban J connectivity index is 1.92. The van der Waals surface area contributed by atoms with E-state index in [0.717, 1.165) is 4.90 Å². The van der Waals surface area contributed by atoms with Gasteiger partial charge in [0.25, 0.3) is 5.91 Å². The second-order valence-corrected chi connectivity index (χ2v) is 3.02. The van der Waals surface area contributed by atoms with Crippen LogP contribution >= 0.6 is 0 Å². The number of nitrogens with zero attached hydrogens (tertiary/aromatic N) is 2. The highest BCUT2D eigenvalue weighted by Crippen LogP contribution is 2.05. The van der Waals surface area contributed by atoms with Gasteiger partial charge in [-0.1, -0.05) is 0 Å². The first-order valence-electron chi connectivity index (χ1n) is 4.35. The highest BCUT2D eigenvalue weighted by molar-refractivity contribution is 5.97. The highest BCUT2D eigenvalue weighted by atomic mass is 16.6. The van der Waals surface area contributed by atoms with Crippen molar-refractivity contribution in [2.45, 2.75) is 6.54 Å². The van der Waals surface area contributed by atoms with Crippen LogP contribution in [0.3, 0.4) is 0 Å². The zero-order chi connectivity index (χ0) is 9.97. The van der Waals surface area contributed by atoms with Gasteiger partial charge in [0.05, 0.1) is 6.54 Å². The fraction of sp³-hybridized carbons (Fsp3) is 0.333. The van der Waals surface area contributed by atoms with Crippen molar-refractivity contribution in [2.24, 2.45) is 0 Å². The molecular weight excluding hydrogens is 184 g/mol. The molecule has 0 radical (unpaired) electrons. The normalized spacial score (nSPS) is 16.1. The van der Waals surface area contributed by atoms with Crippen LogP contribution in [0, 0.1) is 0 Å². The second-order valence-electron chi connectivity index (χ2n) is 3.02. The van der Waals surface area contributed by atoms with Gasteiger partial charge < -0.3 is 9.30 Å². The zero-order valence-electron chi connectivity index (χ0n) is 7.55. The molecule has 5 heteroatoms. The molecule has 0 bridgehead atoms. The minimum absolute atomic E-state index is 0.121. The van der Waals surface area contributed by atoms with Gasteiger partial charge in [-0.25, -0.2) is 9.69 Å². The van der Waals surface area contributed by atoms with Gasteiger partial charge >= 0.3 is 6.09 Å². The maximum atomic E-state index is 11.1. The Hall–Kier alpha value is -1.78. The third-order valence-electron chi connectivity index (χ3n) is 2.09. The lowest BCUT2D eigenvalue weighted by Crippen LogP contribution is -2.32. The van der Waals surface area contributed by atoms with Gasteiger partial charge in [-0.05, 0) is 12.1 Å². The van der Waals surface area contributed by atoms with E-state index in [9.17, 15) is 9.59 Å². The first kappa shape index (κ1) is 8.80. The summed E-state index contributed by atoms with van der Waals surface area (Å²) in [4.78, 5) is 23.3. The molecule has 1 aliphatic heterocycles. The lowest BCUT2D eigenvalue weighted by atomic mass is 10.5. The molecule has 1 aromatic heterocycles. The van der Waals surface area contributed by atoms with Crippen LogP contribution < -0.4 is 0 Å². The Labute approximate surface area is 80.9 Å². The van der Waals surface area contributed by atoms with E-state index in [1.807, 2.05) is 29.1 Å². The molecule has 0 atom stereocenters. The number of cyclic esters (lactones) is 1. The molecule has 2 rings (SSSR count). The molecule has 1 saturated heterocycles. The van der Waals surface area contributed by atoms with Crippen molar-refractivity contribution in [3.8, 4) is 0 Å². The number of carbonyl (C=O) groups excluding carboxylic acids is 2. The van der Waals surface area contributed by atoms with Gasteiger partial charge in [0.15, 0.2) is 6.61 Å². The third-order valence-corrected chi connectivity index (χ3v) is 2.09. The molecule has 14 heavy (non-hydrogen) atoms. The van der Waals surface area contributed by atoms with Crippen LogP contribution in [-0.4, -0.2) is 34.6 Å². The molecular formula is C9H10N2O3. The maximum absolute atomic E-state index is 11.1.